The van der Waals surface area contributed by atoms with Crippen molar-refractivity contribution in [1.29, 1.82) is 0 Å². The lowest BCUT2D eigenvalue weighted by atomic mass is 9.97. The maximum atomic E-state index is 5.68. The van der Waals surface area contributed by atoms with Crippen molar-refractivity contribution in [2.24, 2.45) is 5.92 Å². The fourth-order valence-electron chi connectivity index (χ4n) is 2.59. The van der Waals surface area contributed by atoms with Crippen LogP contribution in [0.4, 0.5) is 6.01 Å². The van der Waals surface area contributed by atoms with Crippen molar-refractivity contribution in [3.63, 3.8) is 0 Å². The zero-order valence-corrected chi connectivity index (χ0v) is 13.2. The molecule has 0 amide bonds. The average Bonchev–Trinajstić information content (AvgIpc) is 2.71. The highest BCUT2D eigenvalue weighted by Gasteiger charge is 2.21. The molecule has 114 valence electrons. The fraction of sp³-hybridized carbons (Fsp3) is 0.867. The molecule has 2 unspecified atom stereocenters. The van der Waals surface area contributed by atoms with Crippen LogP contribution in [0.15, 0.2) is 4.42 Å². The molecule has 1 aromatic rings. The molecule has 0 aliphatic heterocycles. The van der Waals surface area contributed by atoms with Crippen LogP contribution in [0, 0.1) is 5.92 Å². The molecule has 0 saturated heterocycles. The van der Waals surface area contributed by atoms with Crippen LogP contribution in [-0.4, -0.2) is 21.8 Å². The molecule has 0 bridgehead atoms. The first-order valence-electron chi connectivity index (χ1n) is 7.78. The van der Waals surface area contributed by atoms with Gasteiger partial charge in [-0.3, -0.25) is 0 Å². The molecule has 0 radical (unpaired) electrons. The second-order valence-electron chi connectivity index (χ2n) is 6.97. The van der Waals surface area contributed by atoms with Crippen molar-refractivity contribution in [1.82, 2.24) is 15.5 Å². The van der Waals surface area contributed by atoms with E-state index >= 15 is 0 Å². The summed E-state index contributed by atoms with van der Waals surface area (Å²) in [5.74, 6) is 1.31. The van der Waals surface area contributed by atoms with Gasteiger partial charge in [0, 0.05) is 11.6 Å². The lowest BCUT2D eigenvalue weighted by Crippen LogP contribution is -2.35. The second kappa shape index (κ2) is 6.57. The Hall–Kier alpha value is -1.10. The smallest absolute Gasteiger partial charge is 0.315 e. The van der Waals surface area contributed by atoms with Crippen molar-refractivity contribution >= 4 is 6.01 Å². The Morgan fingerprint density at radius 2 is 1.90 bits per heavy atom. The van der Waals surface area contributed by atoms with Gasteiger partial charge < -0.3 is 15.1 Å². The highest BCUT2D eigenvalue weighted by molar-refractivity contribution is 5.20. The molecule has 1 aromatic heterocycles. The number of anilines is 1. The summed E-state index contributed by atoms with van der Waals surface area (Å²) in [6, 6.07) is 1.02. The molecule has 1 aliphatic carbocycles. The van der Waals surface area contributed by atoms with E-state index in [9.17, 15) is 0 Å². The maximum Gasteiger partial charge on any atom is 0.315 e. The van der Waals surface area contributed by atoms with E-state index in [1.165, 1.54) is 32.1 Å². The van der Waals surface area contributed by atoms with Crippen molar-refractivity contribution in [3.8, 4) is 0 Å². The predicted octanol–water partition coefficient (Wildman–Crippen LogP) is 3.34. The molecule has 1 heterocycles. The topological polar surface area (TPSA) is 63.0 Å². The Morgan fingerprint density at radius 1 is 1.15 bits per heavy atom. The molecule has 1 fully saturated rings. The summed E-state index contributed by atoms with van der Waals surface area (Å²) in [5, 5.41) is 15.0. The van der Waals surface area contributed by atoms with Crippen LogP contribution in [0.25, 0.3) is 0 Å². The van der Waals surface area contributed by atoms with Gasteiger partial charge in [-0.1, -0.05) is 31.3 Å². The Kier molecular flexibility index (Phi) is 5.02. The van der Waals surface area contributed by atoms with Gasteiger partial charge in [-0.25, -0.2) is 0 Å². The van der Waals surface area contributed by atoms with E-state index in [2.05, 4.69) is 48.5 Å². The average molecular weight is 280 g/mol. The molecule has 5 heteroatoms. The summed E-state index contributed by atoms with van der Waals surface area (Å²) in [6.07, 6.45) is 6.44. The van der Waals surface area contributed by atoms with Crippen LogP contribution < -0.4 is 10.6 Å². The fourth-order valence-corrected chi connectivity index (χ4v) is 2.59. The van der Waals surface area contributed by atoms with Gasteiger partial charge in [-0.15, -0.1) is 5.10 Å². The highest BCUT2D eigenvalue weighted by atomic mass is 16.4. The maximum absolute atomic E-state index is 5.68. The van der Waals surface area contributed by atoms with Gasteiger partial charge in [-0.2, -0.15) is 0 Å². The third-order valence-corrected chi connectivity index (χ3v) is 3.91. The van der Waals surface area contributed by atoms with E-state index in [4.69, 9.17) is 4.42 Å². The summed E-state index contributed by atoms with van der Waals surface area (Å²) in [7, 11) is 0. The molecule has 20 heavy (non-hydrogen) atoms. The van der Waals surface area contributed by atoms with Gasteiger partial charge in [0.1, 0.15) is 0 Å². The quantitative estimate of drug-likeness (QED) is 0.828. The van der Waals surface area contributed by atoms with Crippen LogP contribution in [0.1, 0.15) is 65.7 Å². The zero-order valence-electron chi connectivity index (χ0n) is 13.2. The lowest BCUT2D eigenvalue weighted by molar-refractivity contribution is 0.379. The number of aromatic nitrogens is 2. The lowest BCUT2D eigenvalue weighted by Gasteiger charge is -2.21. The summed E-state index contributed by atoms with van der Waals surface area (Å²) in [4.78, 5) is 0. The minimum absolute atomic E-state index is 0.0534. The molecule has 5 nitrogen and oxygen atoms in total. The van der Waals surface area contributed by atoms with Gasteiger partial charge in [0.25, 0.3) is 0 Å². The highest BCUT2D eigenvalue weighted by Crippen LogP contribution is 2.25. The SMILES string of the molecule is CC1CCCCCC1Nc1nnc(CNC(C)(C)C)o1. The van der Waals surface area contributed by atoms with Crippen LogP contribution in [0.3, 0.4) is 0 Å². The Balaban J connectivity index is 1.88. The van der Waals surface area contributed by atoms with Crippen LogP contribution in [0.2, 0.25) is 0 Å². The van der Waals surface area contributed by atoms with Gasteiger partial charge in [0.05, 0.1) is 6.54 Å². The summed E-state index contributed by atoms with van der Waals surface area (Å²) in [5.41, 5.74) is 0.0534. The van der Waals surface area contributed by atoms with Crippen LogP contribution >= 0.6 is 0 Å². The Labute approximate surface area is 121 Å². The predicted molar refractivity (Wildman–Crippen MR) is 80.6 cm³/mol. The van der Waals surface area contributed by atoms with Gasteiger partial charge >= 0.3 is 6.01 Å². The van der Waals surface area contributed by atoms with E-state index in [1.807, 2.05) is 0 Å². The molecule has 1 saturated carbocycles. The zero-order chi connectivity index (χ0) is 14.6. The molecular formula is C15H28N4O. The summed E-state index contributed by atoms with van der Waals surface area (Å²) in [6.45, 7) is 9.28. The van der Waals surface area contributed by atoms with Crippen molar-refractivity contribution in [2.75, 3.05) is 5.32 Å². The minimum atomic E-state index is 0.0534. The van der Waals surface area contributed by atoms with E-state index in [0.29, 0.717) is 30.4 Å². The van der Waals surface area contributed by atoms with Gasteiger partial charge in [-0.05, 0) is 39.5 Å². The number of hydrogen-bond acceptors (Lipinski definition) is 5. The monoisotopic (exact) mass is 280 g/mol. The third kappa shape index (κ3) is 4.78. The van der Waals surface area contributed by atoms with Crippen LogP contribution in [-0.2, 0) is 6.54 Å². The van der Waals surface area contributed by atoms with Crippen molar-refractivity contribution in [3.05, 3.63) is 5.89 Å². The van der Waals surface area contributed by atoms with E-state index in [0.717, 1.165) is 0 Å². The molecule has 2 rings (SSSR count). The summed E-state index contributed by atoms with van der Waals surface area (Å²) >= 11 is 0. The number of nitrogens with one attached hydrogen (secondary N) is 2. The summed E-state index contributed by atoms with van der Waals surface area (Å²) < 4.78 is 5.68. The molecule has 2 N–H and O–H groups in total. The second-order valence-corrected chi connectivity index (χ2v) is 6.97. The Bertz CT molecular complexity index is 410. The third-order valence-electron chi connectivity index (χ3n) is 3.91. The van der Waals surface area contributed by atoms with Crippen molar-refractivity contribution < 1.29 is 4.42 Å². The van der Waals surface area contributed by atoms with E-state index in [-0.39, 0.29) is 5.54 Å². The molecule has 2 atom stereocenters. The first-order valence-corrected chi connectivity index (χ1v) is 7.78. The minimum Gasteiger partial charge on any atom is -0.407 e. The number of hydrogen-bond donors (Lipinski definition) is 2. The molecule has 1 aliphatic rings. The molecular weight excluding hydrogens is 252 g/mol. The van der Waals surface area contributed by atoms with Crippen LogP contribution in [0.5, 0.6) is 0 Å². The van der Waals surface area contributed by atoms with E-state index in [1.54, 1.807) is 0 Å². The first kappa shape index (κ1) is 15.3. The first-order chi connectivity index (χ1) is 9.44. The Morgan fingerprint density at radius 3 is 2.65 bits per heavy atom. The van der Waals surface area contributed by atoms with E-state index < -0.39 is 0 Å². The standard InChI is InChI=1S/C15H28N4O/c1-11-8-6-5-7-9-12(11)17-14-19-18-13(20-14)10-16-15(2,3)4/h11-12,16H,5-10H2,1-4H3,(H,17,19). The molecule has 0 spiro atoms. The number of nitrogens with zero attached hydrogens (tertiary/aromatic N) is 2. The van der Waals surface area contributed by atoms with Crippen molar-refractivity contribution in [2.45, 2.75) is 77.9 Å². The van der Waals surface area contributed by atoms with Gasteiger partial charge in [0.2, 0.25) is 5.89 Å². The number of rotatable bonds is 4. The largest absolute Gasteiger partial charge is 0.407 e. The molecule has 0 aromatic carbocycles. The normalized spacial score (nSPS) is 24.4. The van der Waals surface area contributed by atoms with Gasteiger partial charge in [0.15, 0.2) is 0 Å².